The molecule has 1 unspecified atom stereocenters. The van der Waals surface area contributed by atoms with Crippen LogP contribution in [0.5, 0.6) is 0 Å². The molecule has 1 saturated heterocycles. The van der Waals surface area contributed by atoms with Crippen molar-refractivity contribution >= 4 is 17.7 Å². The van der Waals surface area contributed by atoms with Crippen LogP contribution >= 0.6 is 0 Å². The lowest BCUT2D eigenvalue weighted by molar-refractivity contribution is -0.136. The highest BCUT2D eigenvalue weighted by Gasteiger charge is 2.43. The van der Waals surface area contributed by atoms with Crippen LogP contribution in [0.15, 0.2) is 18.2 Å². The lowest BCUT2D eigenvalue weighted by Gasteiger charge is -2.39. The van der Waals surface area contributed by atoms with Crippen LogP contribution in [-0.2, 0) is 22.6 Å². The molecule has 0 bridgehead atoms. The lowest BCUT2D eigenvalue weighted by Crippen LogP contribution is -2.52. The molecule has 2 heterocycles. The Hall–Kier alpha value is -2.35. The molecule has 0 aromatic heterocycles. The summed E-state index contributed by atoms with van der Waals surface area (Å²) < 4.78 is 28.7. The van der Waals surface area contributed by atoms with E-state index in [0.717, 1.165) is 24.0 Å². The van der Waals surface area contributed by atoms with Gasteiger partial charge in [0.05, 0.1) is 0 Å². The minimum absolute atomic E-state index is 0.0620. The Morgan fingerprint density at radius 3 is 2.62 bits per heavy atom. The molecule has 4 aliphatic rings. The number of hydrogen-bond donors (Lipinski definition) is 2. The smallest absolute Gasteiger partial charge is 0.255 e. The highest BCUT2D eigenvalue weighted by molar-refractivity contribution is 6.05. The predicted octanol–water partition coefficient (Wildman–Crippen LogP) is 3.72. The standard InChI is InChI=1S/C26H33F2N3O3/c27-26(28)11-10-21(29-19-4-2-1-3-5-19)17(14-26)12-16-6-7-20-18(13-16)15-31(25(20)34)22-8-9-23(32)30-24(22)33/h6-7,13,17,19,21-22,29H,1-5,8-12,14-15H2,(H,30,32,33)/t17-,21-,22?/m0/s1. The number of amides is 3. The minimum atomic E-state index is -2.63. The van der Waals surface area contributed by atoms with Gasteiger partial charge < -0.3 is 10.2 Å². The third-order valence-corrected chi connectivity index (χ3v) is 8.09. The second-order valence-corrected chi connectivity index (χ2v) is 10.6. The van der Waals surface area contributed by atoms with Gasteiger partial charge in [0.25, 0.3) is 5.91 Å². The molecule has 34 heavy (non-hydrogen) atoms. The number of hydrogen-bond acceptors (Lipinski definition) is 4. The van der Waals surface area contributed by atoms with Crippen molar-refractivity contribution < 1.29 is 23.2 Å². The molecular formula is C26H33F2N3O3. The molecule has 3 atom stereocenters. The van der Waals surface area contributed by atoms with Gasteiger partial charge in [-0.05, 0) is 55.2 Å². The SMILES string of the molecule is O=C1CCC(N2Cc3cc(C[C@H]4CC(F)(F)CC[C@@H]4NC4CCCCC4)ccc3C2=O)C(=O)N1. The number of piperidine rings is 1. The predicted molar refractivity (Wildman–Crippen MR) is 122 cm³/mol. The number of rotatable bonds is 5. The van der Waals surface area contributed by atoms with Gasteiger partial charge in [-0.1, -0.05) is 31.4 Å². The number of fused-ring (bicyclic) bond motifs is 1. The Labute approximate surface area is 198 Å². The molecule has 5 rings (SSSR count). The Balaban J connectivity index is 1.29. The summed E-state index contributed by atoms with van der Waals surface area (Å²) in [5, 5.41) is 6.03. The van der Waals surface area contributed by atoms with Crippen LogP contribution in [0.25, 0.3) is 0 Å². The van der Waals surface area contributed by atoms with Crippen molar-refractivity contribution in [2.75, 3.05) is 0 Å². The van der Waals surface area contributed by atoms with E-state index in [-0.39, 0.29) is 43.0 Å². The maximum Gasteiger partial charge on any atom is 0.255 e. The van der Waals surface area contributed by atoms with E-state index < -0.39 is 17.9 Å². The van der Waals surface area contributed by atoms with Gasteiger partial charge in [-0.2, -0.15) is 0 Å². The zero-order chi connectivity index (χ0) is 23.9. The molecule has 2 aliphatic carbocycles. The number of carbonyl (C=O) groups is 3. The van der Waals surface area contributed by atoms with Gasteiger partial charge in [0, 0.05) is 43.5 Å². The van der Waals surface area contributed by atoms with Gasteiger partial charge in [0.2, 0.25) is 17.7 Å². The van der Waals surface area contributed by atoms with E-state index in [1.807, 2.05) is 12.1 Å². The second-order valence-electron chi connectivity index (χ2n) is 10.6. The zero-order valence-corrected chi connectivity index (χ0v) is 19.5. The lowest BCUT2D eigenvalue weighted by atomic mass is 9.77. The maximum absolute atomic E-state index is 14.4. The number of imide groups is 1. The topological polar surface area (TPSA) is 78.5 Å². The van der Waals surface area contributed by atoms with E-state index in [9.17, 15) is 23.2 Å². The van der Waals surface area contributed by atoms with E-state index in [2.05, 4.69) is 10.6 Å². The molecular weight excluding hydrogens is 440 g/mol. The van der Waals surface area contributed by atoms with Gasteiger partial charge in [0.1, 0.15) is 6.04 Å². The zero-order valence-electron chi connectivity index (χ0n) is 19.5. The van der Waals surface area contributed by atoms with Crippen LogP contribution in [0, 0.1) is 5.92 Å². The summed E-state index contributed by atoms with van der Waals surface area (Å²) in [5.41, 5.74) is 2.33. The number of nitrogens with one attached hydrogen (secondary N) is 2. The fourth-order valence-electron chi connectivity index (χ4n) is 6.29. The molecule has 0 spiro atoms. The number of benzene rings is 1. The molecule has 6 nitrogen and oxygen atoms in total. The summed E-state index contributed by atoms with van der Waals surface area (Å²) >= 11 is 0. The van der Waals surface area contributed by atoms with Crippen molar-refractivity contribution in [3.63, 3.8) is 0 Å². The molecule has 0 radical (unpaired) electrons. The fraction of sp³-hybridized carbons (Fsp3) is 0.654. The van der Waals surface area contributed by atoms with E-state index in [0.29, 0.717) is 37.4 Å². The largest absolute Gasteiger partial charge is 0.322 e. The van der Waals surface area contributed by atoms with E-state index >= 15 is 0 Å². The fourth-order valence-corrected chi connectivity index (χ4v) is 6.29. The number of carbonyl (C=O) groups excluding carboxylic acids is 3. The summed E-state index contributed by atoms with van der Waals surface area (Å²) in [4.78, 5) is 38.2. The monoisotopic (exact) mass is 473 g/mol. The Morgan fingerprint density at radius 2 is 1.85 bits per heavy atom. The van der Waals surface area contributed by atoms with E-state index in [4.69, 9.17) is 0 Å². The van der Waals surface area contributed by atoms with E-state index in [1.165, 1.54) is 24.2 Å². The molecule has 1 aromatic carbocycles. The van der Waals surface area contributed by atoms with Gasteiger partial charge in [-0.25, -0.2) is 8.78 Å². The Bertz CT molecular complexity index is 976. The number of alkyl halides is 2. The summed E-state index contributed by atoms with van der Waals surface area (Å²) in [5.74, 6) is -3.75. The van der Waals surface area contributed by atoms with Gasteiger partial charge in [-0.3, -0.25) is 19.7 Å². The number of nitrogens with zero attached hydrogens (tertiary/aromatic N) is 1. The minimum Gasteiger partial charge on any atom is -0.322 e. The molecule has 2 aliphatic heterocycles. The quantitative estimate of drug-likeness (QED) is 0.639. The summed E-state index contributed by atoms with van der Waals surface area (Å²) in [6.07, 6.45) is 7.29. The van der Waals surface area contributed by atoms with Gasteiger partial charge in [0.15, 0.2) is 0 Å². The average molecular weight is 474 g/mol. The summed E-state index contributed by atoms with van der Waals surface area (Å²) in [7, 11) is 0. The van der Waals surface area contributed by atoms with Gasteiger partial charge >= 0.3 is 0 Å². The summed E-state index contributed by atoms with van der Waals surface area (Å²) in [6, 6.07) is 5.44. The Morgan fingerprint density at radius 1 is 1.06 bits per heavy atom. The van der Waals surface area contributed by atoms with Crippen molar-refractivity contribution in [2.24, 2.45) is 5.92 Å². The van der Waals surface area contributed by atoms with Crippen molar-refractivity contribution in [3.8, 4) is 0 Å². The maximum atomic E-state index is 14.4. The van der Waals surface area contributed by atoms with Crippen LogP contribution in [0.3, 0.4) is 0 Å². The number of halogens is 2. The van der Waals surface area contributed by atoms with Crippen molar-refractivity contribution in [1.82, 2.24) is 15.5 Å². The Kier molecular flexibility index (Phi) is 6.44. The molecule has 2 saturated carbocycles. The van der Waals surface area contributed by atoms with Crippen molar-refractivity contribution in [3.05, 3.63) is 34.9 Å². The first kappa shape index (κ1) is 23.4. The van der Waals surface area contributed by atoms with Crippen LogP contribution in [-0.4, -0.2) is 46.7 Å². The molecule has 8 heteroatoms. The van der Waals surface area contributed by atoms with Crippen LogP contribution in [0.2, 0.25) is 0 Å². The third kappa shape index (κ3) is 4.88. The molecule has 1 aromatic rings. The first-order chi connectivity index (χ1) is 16.3. The van der Waals surface area contributed by atoms with Crippen LogP contribution < -0.4 is 10.6 Å². The normalized spacial score (nSPS) is 29.8. The highest BCUT2D eigenvalue weighted by atomic mass is 19.3. The first-order valence-electron chi connectivity index (χ1n) is 12.7. The third-order valence-electron chi connectivity index (χ3n) is 8.09. The van der Waals surface area contributed by atoms with Crippen LogP contribution in [0.4, 0.5) is 8.78 Å². The van der Waals surface area contributed by atoms with Gasteiger partial charge in [-0.15, -0.1) is 0 Å². The molecule has 3 amide bonds. The molecule has 3 fully saturated rings. The van der Waals surface area contributed by atoms with Crippen LogP contribution in [0.1, 0.15) is 85.7 Å². The van der Waals surface area contributed by atoms with E-state index in [1.54, 1.807) is 6.07 Å². The second kappa shape index (κ2) is 9.36. The average Bonchev–Trinajstić information content (AvgIpc) is 3.11. The summed E-state index contributed by atoms with van der Waals surface area (Å²) in [6.45, 7) is 0.304. The van der Waals surface area contributed by atoms with Crippen molar-refractivity contribution in [1.29, 1.82) is 0 Å². The first-order valence-corrected chi connectivity index (χ1v) is 12.7. The highest BCUT2D eigenvalue weighted by Crippen LogP contribution is 2.39. The molecule has 2 N–H and O–H groups in total. The molecule has 184 valence electrons. The van der Waals surface area contributed by atoms with Crippen molar-refractivity contribution in [2.45, 2.75) is 101 Å².